The highest BCUT2D eigenvalue weighted by Gasteiger charge is 2.19. The number of halogens is 3. The second kappa shape index (κ2) is 7.01. The van der Waals surface area contributed by atoms with Crippen molar-refractivity contribution >= 4 is 11.6 Å². The Morgan fingerprint density at radius 2 is 2.17 bits per heavy atom. The lowest BCUT2D eigenvalue weighted by molar-refractivity contribution is 0.00385. The fourth-order valence-electron chi connectivity index (χ4n) is 1.58. The summed E-state index contributed by atoms with van der Waals surface area (Å²) in [7, 11) is 0. The van der Waals surface area contributed by atoms with E-state index in [1.54, 1.807) is 4.68 Å². The molecule has 1 N–H and O–H groups in total. The summed E-state index contributed by atoms with van der Waals surface area (Å²) in [6.45, 7) is 3.24. The first-order valence-electron chi connectivity index (χ1n) is 5.70. The molecule has 0 aliphatic heterocycles. The number of hydrogen-bond donors (Lipinski definition) is 1. The average Bonchev–Trinajstić information content (AvgIpc) is 2.66. The Hall–Kier alpha value is -0.720. The van der Waals surface area contributed by atoms with Crippen LogP contribution in [-0.2, 0) is 4.74 Å². The van der Waals surface area contributed by atoms with E-state index in [1.165, 1.54) is 6.20 Å². The van der Waals surface area contributed by atoms with Crippen LogP contribution < -0.4 is 0 Å². The molecule has 0 aliphatic rings. The summed E-state index contributed by atoms with van der Waals surface area (Å²) in [4.78, 5) is 0. The fraction of sp³-hybridized carbons (Fsp3) is 0.727. The predicted molar refractivity (Wildman–Crippen MR) is 64.0 cm³/mol. The van der Waals surface area contributed by atoms with E-state index >= 15 is 0 Å². The van der Waals surface area contributed by atoms with Crippen LogP contribution in [0.3, 0.4) is 0 Å². The molecular weight excluding hydrogens is 266 g/mol. The smallest absolute Gasteiger partial charge is 0.261 e. The van der Waals surface area contributed by atoms with E-state index in [2.05, 4.69) is 5.10 Å². The molecule has 0 saturated heterocycles. The number of alkyl halides is 2. The first kappa shape index (κ1) is 15.3. The molecule has 0 radical (unpaired) electrons. The van der Waals surface area contributed by atoms with E-state index in [9.17, 15) is 13.9 Å². The standard InChI is InChI=1S/C11H17ClF2N2O2/c1-7(2)16-11(8(12)5-15-16)9(17)3-4-18-6-10(13)14/h5,7,9-10,17H,3-4,6H2,1-2H3. The topological polar surface area (TPSA) is 47.3 Å². The van der Waals surface area contributed by atoms with Crippen molar-refractivity contribution in [2.45, 2.75) is 38.8 Å². The Balaban J connectivity index is 2.55. The second-order valence-corrected chi connectivity index (χ2v) is 4.59. The lowest BCUT2D eigenvalue weighted by atomic mass is 10.2. The van der Waals surface area contributed by atoms with Crippen molar-refractivity contribution in [1.82, 2.24) is 9.78 Å². The van der Waals surface area contributed by atoms with E-state index < -0.39 is 19.1 Å². The molecule has 0 aliphatic carbocycles. The van der Waals surface area contributed by atoms with Gasteiger partial charge in [0.1, 0.15) is 6.61 Å². The molecular formula is C11H17ClF2N2O2. The summed E-state index contributed by atoms with van der Waals surface area (Å²) in [6.07, 6.45) is -1.71. The van der Waals surface area contributed by atoms with E-state index in [1.807, 2.05) is 13.8 Å². The summed E-state index contributed by atoms with van der Waals surface area (Å²) >= 11 is 5.94. The minimum atomic E-state index is -2.49. The minimum Gasteiger partial charge on any atom is -0.387 e. The van der Waals surface area contributed by atoms with Gasteiger partial charge in [-0.1, -0.05) is 11.6 Å². The van der Waals surface area contributed by atoms with Crippen molar-refractivity contribution in [3.05, 3.63) is 16.9 Å². The number of aliphatic hydroxyl groups is 1. The third kappa shape index (κ3) is 4.19. The van der Waals surface area contributed by atoms with Crippen LogP contribution in [0.5, 0.6) is 0 Å². The van der Waals surface area contributed by atoms with E-state index in [-0.39, 0.29) is 19.1 Å². The molecule has 0 aromatic carbocycles. The molecule has 1 aromatic rings. The van der Waals surface area contributed by atoms with Crippen molar-refractivity contribution in [2.75, 3.05) is 13.2 Å². The first-order chi connectivity index (χ1) is 8.43. The summed E-state index contributed by atoms with van der Waals surface area (Å²) in [5, 5.41) is 14.4. The van der Waals surface area contributed by atoms with Crippen LogP contribution in [0.25, 0.3) is 0 Å². The number of aromatic nitrogens is 2. The zero-order valence-electron chi connectivity index (χ0n) is 10.3. The highest BCUT2D eigenvalue weighted by Crippen LogP contribution is 2.27. The monoisotopic (exact) mass is 282 g/mol. The molecule has 4 nitrogen and oxygen atoms in total. The van der Waals surface area contributed by atoms with Gasteiger partial charge in [-0.3, -0.25) is 4.68 Å². The molecule has 104 valence electrons. The molecule has 1 rings (SSSR count). The van der Waals surface area contributed by atoms with Gasteiger partial charge in [0.05, 0.1) is 23.0 Å². The van der Waals surface area contributed by atoms with Crippen molar-refractivity contribution in [3.63, 3.8) is 0 Å². The molecule has 18 heavy (non-hydrogen) atoms. The molecule has 1 heterocycles. The maximum absolute atomic E-state index is 11.8. The van der Waals surface area contributed by atoms with Crippen LogP contribution in [0.1, 0.15) is 38.1 Å². The fourth-order valence-corrected chi connectivity index (χ4v) is 1.83. The number of aliphatic hydroxyl groups excluding tert-OH is 1. The van der Waals surface area contributed by atoms with Crippen LogP contribution in [0, 0.1) is 0 Å². The van der Waals surface area contributed by atoms with Crippen molar-refractivity contribution < 1.29 is 18.6 Å². The molecule has 1 atom stereocenters. The van der Waals surface area contributed by atoms with Crippen LogP contribution >= 0.6 is 11.6 Å². The van der Waals surface area contributed by atoms with Gasteiger partial charge in [-0.05, 0) is 13.8 Å². The number of nitrogens with zero attached hydrogens (tertiary/aromatic N) is 2. The molecule has 1 aromatic heterocycles. The normalized spacial score (nSPS) is 13.6. The van der Waals surface area contributed by atoms with Gasteiger partial charge < -0.3 is 9.84 Å². The number of hydrogen-bond acceptors (Lipinski definition) is 3. The van der Waals surface area contributed by atoms with Gasteiger partial charge in [-0.2, -0.15) is 5.10 Å². The van der Waals surface area contributed by atoms with Crippen molar-refractivity contribution in [2.24, 2.45) is 0 Å². The van der Waals surface area contributed by atoms with Crippen LogP contribution in [0.2, 0.25) is 5.02 Å². The number of rotatable bonds is 7. The SMILES string of the molecule is CC(C)n1ncc(Cl)c1C(O)CCOCC(F)F. The molecule has 0 saturated carbocycles. The van der Waals surface area contributed by atoms with E-state index in [0.29, 0.717) is 10.7 Å². The molecule has 1 unspecified atom stereocenters. The van der Waals surface area contributed by atoms with E-state index in [0.717, 1.165) is 0 Å². The quantitative estimate of drug-likeness (QED) is 0.782. The van der Waals surface area contributed by atoms with Gasteiger partial charge >= 0.3 is 0 Å². The van der Waals surface area contributed by atoms with Crippen molar-refractivity contribution in [3.8, 4) is 0 Å². The van der Waals surface area contributed by atoms with Gasteiger partial charge in [-0.15, -0.1) is 0 Å². The Labute approximate surface area is 110 Å². The molecule has 0 spiro atoms. The Morgan fingerprint density at radius 3 is 2.72 bits per heavy atom. The Bertz CT molecular complexity index is 372. The Morgan fingerprint density at radius 1 is 1.50 bits per heavy atom. The van der Waals surface area contributed by atoms with Gasteiger partial charge in [-0.25, -0.2) is 8.78 Å². The third-order valence-electron chi connectivity index (χ3n) is 2.37. The number of ether oxygens (including phenoxy) is 1. The summed E-state index contributed by atoms with van der Waals surface area (Å²) in [5.41, 5.74) is 0.493. The lowest BCUT2D eigenvalue weighted by Gasteiger charge is -2.16. The highest BCUT2D eigenvalue weighted by atomic mass is 35.5. The minimum absolute atomic E-state index is 0.0467. The van der Waals surface area contributed by atoms with Crippen LogP contribution in [0.4, 0.5) is 8.78 Å². The maximum atomic E-state index is 11.8. The third-order valence-corrected chi connectivity index (χ3v) is 2.66. The van der Waals surface area contributed by atoms with E-state index in [4.69, 9.17) is 16.3 Å². The summed E-state index contributed by atoms with van der Waals surface area (Å²) < 4.78 is 30.0. The second-order valence-electron chi connectivity index (χ2n) is 4.19. The van der Waals surface area contributed by atoms with Crippen LogP contribution in [-0.4, -0.2) is 34.5 Å². The average molecular weight is 283 g/mol. The maximum Gasteiger partial charge on any atom is 0.261 e. The lowest BCUT2D eigenvalue weighted by Crippen LogP contribution is -2.14. The van der Waals surface area contributed by atoms with Crippen LogP contribution in [0.15, 0.2) is 6.20 Å². The van der Waals surface area contributed by atoms with Gasteiger partial charge in [0.2, 0.25) is 0 Å². The van der Waals surface area contributed by atoms with Crippen molar-refractivity contribution in [1.29, 1.82) is 0 Å². The summed E-state index contributed by atoms with van der Waals surface area (Å²) in [5.74, 6) is 0. The highest BCUT2D eigenvalue weighted by molar-refractivity contribution is 6.31. The largest absolute Gasteiger partial charge is 0.387 e. The van der Waals surface area contributed by atoms with Gasteiger partial charge in [0.15, 0.2) is 0 Å². The van der Waals surface area contributed by atoms with Gasteiger partial charge in [0.25, 0.3) is 6.43 Å². The predicted octanol–water partition coefficient (Wildman–Crippen LogP) is 2.82. The molecule has 0 amide bonds. The zero-order valence-corrected chi connectivity index (χ0v) is 11.1. The Kier molecular flexibility index (Phi) is 5.98. The summed E-state index contributed by atoms with van der Waals surface area (Å²) in [6, 6.07) is 0.0594. The molecule has 7 heteroatoms. The zero-order chi connectivity index (χ0) is 13.7. The molecule has 0 bridgehead atoms. The van der Waals surface area contributed by atoms with Gasteiger partial charge in [0, 0.05) is 19.1 Å². The first-order valence-corrected chi connectivity index (χ1v) is 6.08. The molecule has 0 fully saturated rings.